The van der Waals surface area contributed by atoms with Crippen LogP contribution in [0.4, 0.5) is 10.1 Å². The Hall–Kier alpha value is -3.58. The van der Waals surface area contributed by atoms with Crippen LogP contribution in [0.5, 0.6) is 11.5 Å². The first-order valence-corrected chi connectivity index (χ1v) is 12.7. The van der Waals surface area contributed by atoms with Crippen molar-refractivity contribution >= 4 is 57.0 Å². The molecular formula is C24H26BrClFN5O6. The van der Waals surface area contributed by atoms with Crippen LogP contribution in [-0.2, 0) is 14.3 Å². The highest BCUT2D eigenvalue weighted by Gasteiger charge is 2.24. The highest BCUT2D eigenvalue weighted by Crippen LogP contribution is 2.36. The van der Waals surface area contributed by atoms with Crippen LogP contribution >= 0.6 is 27.5 Å². The minimum atomic E-state index is -1.10. The molecule has 204 valence electrons. The quantitative estimate of drug-likeness (QED) is 0.235. The summed E-state index contributed by atoms with van der Waals surface area (Å²) < 4.78 is 18.5. The summed E-state index contributed by atoms with van der Waals surface area (Å²) >= 11 is 9.26. The molecule has 11 nitrogen and oxygen atoms in total. The summed E-state index contributed by atoms with van der Waals surface area (Å²) in [7, 11) is 0. The van der Waals surface area contributed by atoms with E-state index in [2.05, 4.69) is 42.2 Å². The number of ether oxygens (including phenoxy) is 1. The third-order valence-corrected chi connectivity index (χ3v) is 6.06. The highest BCUT2D eigenvalue weighted by molar-refractivity contribution is 9.10. The van der Waals surface area contributed by atoms with Gasteiger partial charge in [0.25, 0.3) is 5.91 Å². The van der Waals surface area contributed by atoms with E-state index in [-0.39, 0.29) is 58.2 Å². The standard InChI is InChI=1S/C24H26BrClFN5O6/c1-2-38-21(35)8-19(17-5-13(26)6-18(25)22(17)36)32-20(34)11-28-23(37)12-3-15(7-16(33)4-12)31-24-29-9-14(27)10-30-24/h3-7,14,19,33,36H,2,8-11H2,1H3,(H,28,37)(H,32,34)(H2,29,30,31). The summed E-state index contributed by atoms with van der Waals surface area (Å²) in [6.45, 7) is 1.34. The van der Waals surface area contributed by atoms with Gasteiger partial charge in [0.2, 0.25) is 5.91 Å². The lowest BCUT2D eigenvalue weighted by Crippen LogP contribution is -2.41. The summed E-state index contributed by atoms with van der Waals surface area (Å²) in [5, 5.41) is 31.4. The van der Waals surface area contributed by atoms with E-state index in [4.69, 9.17) is 16.3 Å². The van der Waals surface area contributed by atoms with E-state index in [9.17, 15) is 29.0 Å². The molecule has 0 fully saturated rings. The molecular weight excluding hydrogens is 589 g/mol. The molecule has 0 saturated heterocycles. The maximum Gasteiger partial charge on any atom is 0.308 e. The number of carbonyl (C=O) groups excluding carboxylic acids is 3. The van der Waals surface area contributed by atoms with Gasteiger partial charge in [0.15, 0.2) is 5.96 Å². The monoisotopic (exact) mass is 613 g/mol. The van der Waals surface area contributed by atoms with Crippen LogP contribution < -0.4 is 21.3 Å². The number of amides is 2. The number of carbonyl (C=O) groups is 3. The number of alkyl halides is 1. The lowest BCUT2D eigenvalue weighted by molar-refractivity contribution is -0.143. The van der Waals surface area contributed by atoms with Gasteiger partial charge in [-0.1, -0.05) is 11.6 Å². The minimum Gasteiger partial charge on any atom is -0.508 e. The predicted molar refractivity (Wildman–Crippen MR) is 142 cm³/mol. The summed E-state index contributed by atoms with van der Waals surface area (Å²) in [6, 6.07) is 5.84. The number of phenolic OH excluding ortho intramolecular Hbond substituents is 2. The topological polar surface area (TPSA) is 161 Å². The zero-order chi connectivity index (χ0) is 27.8. The number of halogens is 3. The zero-order valence-electron chi connectivity index (χ0n) is 20.2. The van der Waals surface area contributed by atoms with E-state index < -0.39 is 36.5 Å². The SMILES string of the molecule is CCOC(=O)CC(NC(=O)CNC(=O)c1cc(O)cc(NC2=NCC(F)CN2)c1)c1cc(Cl)cc(Br)c1O. The number of rotatable bonds is 9. The molecule has 6 N–H and O–H groups in total. The van der Waals surface area contributed by atoms with Crippen LogP contribution in [0.2, 0.25) is 5.02 Å². The van der Waals surface area contributed by atoms with Gasteiger partial charge in [-0.15, -0.1) is 0 Å². The molecule has 2 amide bonds. The number of nitrogens with one attached hydrogen (secondary N) is 4. The zero-order valence-corrected chi connectivity index (χ0v) is 22.5. The van der Waals surface area contributed by atoms with E-state index in [1.807, 2.05) is 0 Å². The fourth-order valence-corrected chi connectivity index (χ4v) is 4.37. The average molecular weight is 615 g/mol. The maximum atomic E-state index is 13.2. The Morgan fingerprint density at radius 1 is 1.26 bits per heavy atom. The van der Waals surface area contributed by atoms with Gasteiger partial charge in [-0.05, 0) is 47.1 Å². The third kappa shape index (κ3) is 8.21. The molecule has 0 saturated carbocycles. The van der Waals surface area contributed by atoms with Crippen molar-refractivity contribution in [1.82, 2.24) is 16.0 Å². The lowest BCUT2D eigenvalue weighted by Gasteiger charge is -2.21. The van der Waals surface area contributed by atoms with Crippen molar-refractivity contribution in [1.29, 1.82) is 0 Å². The summed E-state index contributed by atoms with van der Waals surface area (Å²) in [5.74, 6) is -2.09. The van der Waals surface area contributed by atoms with Gasteiger partial charge in [0.1, 0.15) is 17.7 Å². The number of anilines is 1. The summed E-state index contributed by atoms with van der Waals surface area (Å²) in [4.78, 5) is 41.5. The van der Waals surface area contributed by atoms with Crippen molar-refractivity contribution in [3.63, 3.8) is 0 Å². The Balaban J connectivity index is 1.67. The molecule has 1 heterocycles. The number of hydrogen-bond donors (Lipinski definition) is 6. The normalized spacial score (nSPS) is 15.5. The maximum absolute atomic E-state index is 13.2. The van der Waals surface area contributed by atoms with Crippen molar-refractivity contribution in [3.8, 4) is 11.5 Å². The van der Waals surface area contributed by atoms with E-state index in [1.165, 1.54) is 30.3 Å². The first-order chi connectivity index (χ1) is 18.0. The second-order valence-corrected chi connectivity index (χ2v) is 9.49. The molecule has 0 aliphatic carbocycles. The first-order valence-electron chi connectivity index (χ1n) is 11.5. The molecule has 38 heavy (non-hydrogen) atoms. The van der Waals surface area contributed by atoms with Crippen molar-refractivity contribution in [2.24, 2.45) is 4.99 Å². The Labute approximate surface area is 230 Å². The van der Waals surface area contributed by atoms with Crippen molar-refractivity contribution in [3.05, 3.63) is 51.0 Å². The lowest BCUT2D eigenvalue weighted by atomic mass is 10.0. The van der Waals surface area contributed by atoms with Gasteiger partial charge in [-0.3, -0.25) is 14.4 Å². The van der Waals surface area contributed by atoms with Crippen LogP contribution in [0.1, 0.15) is 35.3 Å². The number of benzene rings is 2. The van der Waals surface area contributed by atoms with Gasteiger partial charge in [-0.25, -0.2) is 9.38 Å². The Kier molecular flexibility index (Phi) is 10.1. The molecule has 2 aromatic carbocycles. The molecule has 3 rings (SSSR count). The van der Waals surface area contributed by atoms with Crippen LogP contribution in [0, 0.1) is 0 Å². The second kappa shape index (κ2) is 13.3. The molecule has 2 atom stereocenters. The molecule has 0 radical (unpaired) electrons. The number of aromatic hydroxyl groups is 2. The predicted octanol–water partition coefficient (Wildman–Crippen LogP) is 2.76. The molecule has 14 heteroatoms. The molecule has 2 aromatic rings. The van der Waals surface area contributed by atoms with Crippen molar-refractivity contribution in [2.45, 2.75) is 25.6 Å². The smallest absolute Gasteiger partial charge is 0.308 e. The molecule has 0 bridgehead atoms. The highest BCUT2D eigenvalue weighted by atomic mass is 79.9. The average Bonchev–Trinajstić information content (AvgIpc) is 2.85. The number of aliphatic imine (C=N–C) groups is 1. The summed E-state index contributed by atoms with van der Waals surface area (Å²) in [5.41, 5.74) is 0.540. The molecule has 0 aromatic heterocycles. The number of esters is 1. The van der Waals surface area contributed by atoms with E-state index in [0.29, 0.717) is 11.6 Å². The molecule has 2 unspecified atom stereocenters. The number of phenols is 2. The molecule has 0 spiro atoms. The second-order valence-electron chi connectivity index (χ2n) is 8.20. The van der Waals surface area contributed by atoms with Gasteiger partial charge < -0.3 is 36.2 Å². The van der Waals surface area contributed by atoms with Gasteiger partial charge >= 0.3 is 5.97 Å². The van der Waals surface area contributed by atoms with Crippen LogP contribution in [-0.4, -0.2) is 66.4 Å². The minimum absolute atomic E-state index is 0.0162. The van der Waals surface area contributed by atoms with Gasteiger partial charge in [0, 0.05) is 27.9 Å². The Morgan fingerprint density at radius 3 is 2.71 bits per heavy atom. The van der Waals surface area contributed by atoms with E-state index in [0.717, 1.165) is 0 Å². The third-order valence-electron chi connectivity index (χ3n) is 5.24. The largest absolute Gasteiger partial charge is 0.508 e. The number of nitrogens with zero attached hydrogens (tertiary/aromatic N) is 1. The Bertz CT molecular complexity index is 1250. The van der Waals surface area contributed by atoms with E-state index >= 15 is 0 Å². The van der Waals surface area contributed by atoms with Crippen molar-refractivity contribution in [2.75, 3.05) is 31.6 Å². The molecule has 1 aliphatic rings. The molecule has 1 aliphatic heterocycles. The van der Waals surface area contributed by atoms with Crippen LogP contribution in [0.3, 0.4) is 0 Å². The number of guanidine groups is 1. The van der Waals surface area contributed by atoms with Crippen molar-refractivity contribution < 1.29 is 33.7 Å². The van der Waals surface area contributed by atoms with E-state index in [1.54, 1.807) is 6.92 Å². The Morgan fingerprint density at radius 2 is 2.03 bits per heavy atom. The number of hydrogen-bond acceptors (Lipinski definition) is 9. The fourth-order valence-electron chi connectivity index (χ4n) is 3.54. The van der Waals surface area contributed by atoms with Crippen LogP contribution in [0.25, 0.3) is 0 Å². The first kappa shape index (κ1) is 29.0. The van der Waals surface area contributed by atoms with Gasteiger partial charge in [0.05, 0.1) is 43.2 Å². The fraction of sp³-hybridized carbons (Fsp3) is 0.333. The summed E-state index contributed by atoms with van der Waals surface area (Å²) in [6.07, 6.45) is -1.39. The van der Waals surface area contributed by atoms with Crippen LogP contribution in [0.15, 0.2) is 39.8 Å². The van der Waals surface area contributed by atoms with Gasteiger partial charge in [-0.2, -0.15) is 0 Å².